The van der Waals surface area contributed by atoms with Crippen LogP contribution < -0.4 is 0 Å². The lowest BCUT2D eigenvalue weighted by atomic mass is 10.1. The van der Waals surface area contributed by atoms with Gasteiger partial charge in [0.25, 0.3) is 15.9 Å². The summed E-state index contributed by atoms with van der Waals surface area (Å²) < 4.78 is 32.2. The first-order valence-electron chi connectivity index (χ1n) is 6.98. The van der Waals surface area contributed by atoms with Crippen LogP contribution in [0.5, 0.6) is 0 Å². The van der Waals surface area contributed by atoms with Crippen LogP contribution in [0.2, 0.25) is 0 Å². The number of carbonyl (C=O) groups excluding carboxylic acids is 1. The molecule has 1 unspecified atom stereocenters. The third-order valence-corrected chi connectivity index (χ3v) is 6.39. The molecule has 0 spiro atoms. The summed E-state index contributed by atoms with van der Waals surface area (Å²) in [6.45, 7) is 1.02. The maximum atomic E-state index is 12.4. The number of benzene rings is 1. The zero-order chi connectivity index (χ0) is 15.0. The smallest absolute Gasteiger partial charge is 0.269 e. The number of carbonyl (C=O) groups is 1. The van der Waals surface area contributed by atoms with Gasteiger partial charge in [0, 0.05) is 16.7 Å². The highest BCUT2D eigenvalue weighted by atomic mass is 127. The van der Waals surface area contributed by atoms with Crippen molar-refractivity contribution in [2.45, 2.75) is 36.7 Å². The number of fused-ring (bicyclic) bond motifs is 1. The van der Waals surface area contributed by atoms with Crippen LogP contribution in [0.1, 0.15) is 36.0 Å². The second-order valence-corrected chi connectivity index (χ2v) is 8.38. The van der Waals surface area contributed by atoms with Crippen LogP contribution in [0.3, 0.4) is 0 Å². The zero-order valence-corrected chi connectivity index (χ0v) is 14.4. The third-order valence-electron chi connectivity index (χ3n) is 3.88. The van der Waals surface area contributed by atoms with Crippen molar-refractivity contribution in [1.29, 1.82) is 0 Å². The molecule has 0 bridgehead atoms. The molecule has 1 fully saturated rings. The summed E-state index contributed by atoms with van der Waals surface area (Å²) >= 11 is 2.07. The molecule has 7 heteroatoms. The van der Waals surface area contributed by atoms with E-state index in [0.29, 0.717) is 12.0 Å². The first-order chi connectivity index (χ1) is 10.00. The Kier molecular flexibility index (Phi) is 4.24. The molecule has 21 heavy (non-hydrogen) atoms. The first kappa shape index (κ1) is 15.2. The molecule has 1 aromatic rings. The minimum Gasteiger partial charge on any atom is -0.378 e. The van der Waals surface area contributed by atoms with Gasteiger partial charge in [0.15, 0.2) is 0 Å². The average Bonchev–Trinajstić information content (AvgIpc) is 3.00. The second kappa shape index (κ2) is 5.85. The van der Waals surface area contributed by atoms with Crippen molar-refractivity contribution in [2.24, 2.45) is 0 Å². The van der Waals surface area contributed by atoms with E-state index in [0.717, 1.165) is 33.7 Å². The van der Waals surface area contributed by atoms with Crippen LogP contribution in [0.25, 0.3) is 0 Å². The van der Waals surface area contributed by atoms with Crippen LogP contribution in [0.15, 0.2) is 23.1 Å². The van der Waals surface area contributed by atoms with Crippen LogP contribution in [-0.2, 0) is 14.8 Å². The molecule has 1 saturated heterocycles. The van der Waals surface area contributed by atoms with E-state index in [2.05, 4.69) is 22.6 Å². The van der Waals surface area contributed by atoms with Crippen molar-refractivity contribution in [3.63, 3.8) is 0 Å². The molecule has 3 rings (SSSR count). The predicted octanol–water partition coefficient (Wildman–Crippen LogP) is 2.39. The summed E-state index contributed by atoms with van der Waals surface area (Å²) in [5.74, 6) is -0.407. The standard InChI is InChI=1S/C14H16INO4S/c15-10-5-6-13-12(9-10)14(17)16(21(13,18)19)7-1-3-11-4-2-8-20-11/h5-6,9,11H,1-4,7-8H2. The Morgan fingerprint density at radius 1 is 1.38 bits per heavy atom. The van der Waals surface area contributed by atoms with Crippen LogP contribution >= 0.6 is 22.6 Å². The van der Waals surface area contributed by atoms with Gasteiger partial charge >= 0.3 is 0 Å². The Morgan fingerprint density at radius 2 is 2.19 bits per heavy atom. The van der Waals surface area contributed by atoms with Gasteiger partial charge in [-0.3, -0.25) is 4.79 Å². The summed E-state index contributed by atoms with van der Waals surface area (Å²) in [5.41, 5.74) is 0.291. The fourth-order valence-corrected chi connectivity index (χ4v) is 4.89. The number of hydrogen-bond donors (Lipinski definition) is 0. The quantitative estimate of drug-likeness (QED) is 0.701. The van der Waals surface area contributed by atoms with Gasteiger partial charge in [-0.05, 0) is 66.5 Å². The Morgan fingerprint density at radius 3 is 2.90 bits per heavy atom. The molecule has 2 aliphatic rings. The minimum atomic E-state index is -3.67. The summed E-state index contributed by atoms with van der Waals surface area (Å²) in [5, 5.41) is 0. The number of ether oxygens (including phenoxy) is 1. The highest BCUT2D eigenvalue weighted by Crippen LogP contribution is 2.31. The van der Waals surface area contributed by atoms with E-state index < -0.39 is 15.9 Å². The first-order valence-corrected chi connectivity index (χ1v) is 9.50. The topological polar surface area (TPSA) is 63.7 Å². The third kappa shape index (κ3) is 2.83. The largest absolute Gasteiger partial charge is 0.378 e. The molecule has 0 saturated carbocycles. The highest BCUT2D eigenvalue weighted by molar-refractivity contribution is 14.1. The van der Waals surface area contributed by atoms with Gasteiger partial charge in [-0.25, -0.2) is 12.7 Å². The predicted molar refractivity (Wildman–Crippen MR) is 85.6 cm³/mol. The van der Waals surface area contributed by atoms with Gasteiger partial charge in [-0.15, -0.1) is 0 Å². The van der Waals surface area contributed by atoms with Gasteiger partial charge in [-0.2, -0.15) is 0 Å². The molecule has 0 aromatic heterocycles. The maximum absolute atomic E-state index is 12.4. The average molecular weight is 421 g/mol. The Hall–Kier alpha value is -0.670. The number of rotatable bonds is 4. The monoisotopic (exact) mass is 421 g/mol. The molecule has 2 aliphatic heterocycles. The Labute approximate surface area is 137 Å². The summed E-state index contributed by atoms with van der Waals surface area (Å²) in [4.78, 5) is 12.4. The minimum absolute atomic E-state index is 0.130. The Bertz CT molecular complexity index is 668. The summed E-state index contributed by atoms with van der Waals surface area (Å²) in [7, 11) is -3.67. The van der Waals surface area contributed by atoms with Crippen molar-refractivity contribution in [3.05, 3.63) is 27.3 Å². The number of nitrogens with zero attached hydrogens (tertiary/aromatic N) is 1. The summed E-state index contributed by atoms with van der Waals surface area (Å²) in [6, 6.07) is 4.86. The number of halogens is 1. The fourth-order valence-electron chi connectivity index (χ4n) is 2.81. The SMILES string of the molecule is O=C1c2cc(I)ccc2S(=O)(=O)N1CCCC1CCCO1. The lowest BCUT2D eigenvalue weighted by molar-refractivity contribution is 0.0842. The van der Waals surface area contributed by atoms with Gasteiger partial charge in [-0.1, -0.05) is 0 Å². The van der Waals surface area contributed by atoms with Crippen molar-refractivity contribution in [1.82, 2.24) is 4.31 Å². The van der Waals surface area contributed by atoms with E-state index in [1.165, 1.54) is 6.07 Å². The molecule has 1 aromatic carbocycles. The normalized spacial score (nSPS) is 23.6. The molecule has 0 aliphatic carbocycles. The molecule has 114 valence electrons. The van der Waals surface area contributed by atoms with Crippen molar-refractivity contribution < 1.29 is 17.9 Å². The molecule has 0 N–H and O–H groups in total. The highest BCUT2D eigenvalue weighted by Gasteiger charge is 2.40. The lowest BCUT2D eigenvalue weighted by Gasteiger charge is -2.16. The molecule has 2 heterocycles. The second-order valence-electron chi connectivity index (χ2n) is 5.30. The van der Waals surface area contributed by atoms with E-state index >= 15 is 0 Å². The van der Waals surface area contributed by atoms with E-state index in [1.54, 1.807) is 12.1 Å². The fraction of sp³-hybridized carbons (Fsp3) is 0.500. The van der Waals surface area contributed by atoms with Crippen LogP contribution in [-0.4, -0.2) is 37.9 Å². The van der Waals surface area contributed by atoms with Crippen molar-refractivity contribution >= 4 is 38.5 Å². The van der Waals surface area contributed by atoms with Crippen LogP contribution in [0.4, 0.5) is 0 Å². The molecule has 5 nitrogen and oxygen atoms in total. The molecule has 1 amide bonds. The van der Waals surface area contributed by atoms with Gasteiger partial charge in [0.2, 0.25) is 0 Å². The number of amides is 1. The van der Waals surface area contributed by atoms with Crippen LogP contribution in [0, 0.1) is 3.57 Å². The van der Waals surface area contributed by atoms with E-state index in [4.69, 9.17) is 4.74 Å². The summed E-state index contributed by atoms with van der Waals surface area (Å²) in [6.07, 6.45) is 3.75. The molecular weight excluding hydrogens is 405 g/mol. The maximum Gasteiger partial charge on any atom is 0.269 e. The van der Waals surface area contributed by atoms with Gasteiger partial charge in [0.1, 0.15) is 4.90 Å². The lowest BCUT2D eigenvalue weighted by Crippen LogP contribution is -2.31. The Balaban J connectivity index is 1.73. The molecule has 0 radical (unpaired) electrons. The number of sulfonamides is 1. The zero-order valence-electron chi connectivity index (χ0n) is 11.4. The van der Waals surface area contributed by atoms with E-state index in [9.17, 15) is 13.2 Å². The molecule has 1 atom stereocenters. The van der Waals surface area contributed by atoms with E-state index in [-0.39, 0.29) is 17.5 Å². The number of hydrogen-bond acceptors (Lipinski definition) is 4. The van der Waals surface area contributed by atoms with Gasteiger partial charge < -0.3 is 4.74 Å². The van der Waals surface area contributed by atoms with Gasteiger partial charge in [0.05, 0.1) is 11.7 Å². The van der Waals surface area contributed by atoms with Crippen molar-refractivity contribution in [2.75, 3.05) is 13.2 Å². The van der Waals surface area contributed by atoms with Crippen molar-refractivity contribution in [3.8, 4) is 0 Å². The molecular formula is C14H16INO4S. The van der Waals surface area contributed by atoms with E-state index in [1.807, 2.05) is 0 Å².